The topological polar surface area (TPSA) is 47.3 Å². The summed E-state index contributed by atoms with van der Waals surface area (Å²) in [4.78, 5) is 1.42. The molecule has 2 aromatic rings. The first-order valence-corrected chi connectivity index (χ1v) is 8.48. The molecule has 1 aliphatic rings. The molecule has 3 rings (SSSR count). The summed E-state index contributed by atoms with van der Waals surface area (Å²) in [6.45, 7) is 2.92. The second-order valence-corrected chi connectivity index (χ2v) is 6.56. The van der Waals surface area contributed by atoms with Gasteiger partial charge in [-0.25, -0.2) is 0 Å². The van der Waals surface area contributed by atoms with Crippen LogP contribution in [0.15, 0.2) is 17.6 Å². The van der Waals surface area contributed by atoms with E-state index in [0.29, 0.717) is 5.75 Å². The molecule has 1 N–H and O–H groups in total. The maximum atomic E-state index is 11.0. The van der Waals surface area contributed by atoms with E-state index in [4.69, 9.17) is 4.74 Å². The van der Waals surface area contributed by atoms with Gasteiger partial charge in [-0.2, -0.15) is 5.10 Å². The molecule has 4 nitrogen and oxygen atoms in total. The fraction of sp³-hybridized carbons (Fsp3) is 0.562. The van der Waals surface area contributed by atoms with Gasteiger partial charge in [-0.15, -0.1) is 11.3 Å². The van der Waals surface area contributed by atoms with Gasteiger partial charge in [0, 0.05) is 17.3 Å². The molecule has 0 saturated carbocycles. The SMILES string of the molecule is CCCn1ncc(OC)c1C(O)C1CCCc2sccc21. The number of methoxy groups -OCH3 is 1. The van der Waals surface area contributed by atoms with Crippen LogP contribution in [0, 0.1) is 0 Å². The molecule has 2 atom stereocenters. The Hall–Kier alpha value is -1.33. The van der Waals surface area contributed by atoms with Gasteiger partial charge in [-0.1, -0.05) is 6.92 Å². The van der Waals surface area contributed by atoms with Crippen LogP contribution in [0.25, 0.3) is 0 Å². The average Bonchev–Trinajstić information content (AvgIpc) is 3.12. The molecule has 21 heavy (non-hydrogen) atoms. The molecular formula is C16H22N2O2S. The molecule has 0 aromatic carbocycles. The summed E-state index contributed by atoms with van der Waals surface area (Å²) < 4.78 is 7.31. The van der Waals surface area contributed by atoms with Crippen LogP contribution >= 0.6 is 11.3 Å². The number of aryl methyl sites for hydroxylation is 2. The molecule has 2 unspecified atom stereocenters. The van der Waals surface area contributed by atoms with Crippen molar-refractivity contribution >= 4 is 11.3 Å². The number of rotatable bonds is 5. The molecule has 114 valence electrons. The zero-order chi connectivity index (χ0) is 14.8. The number of hydrogen-bond donors (Lipinski definition) is 1. The lowest BCUT2D eigenvalue weighted by Gasteiger charge is -2.28. The molecule has 0 saturated heterocycles. The lowest BCUT2D eigenvalue weighted by atomic mass is 9.82. The number of aliphatic hydroxyl groups excluding tert-OH is 1. The second kappa shape index (κ2) is 6.20. The Balaban J connectivity index is 1.96. The molecule has 0 spiro atoms. The Morgan fingerprint density at radius 3 is 3.19 bits per heavy atom. The summed E-state index contributed by atoms with van der Waals surface area (Å²) in [6, 6.07) is 2.17. The first-order valence-electron chi connectivity index (χ1n) is 7.60. The largest absolute Gasteiger partial charge is 0.493 e. The van der Waals surface area contributed by atoms with Crippen LogP contribution in [-0.4, -0.2) is 22.0 Å². The van der Waals surface area contributed by atoms with Gasteiger partial charge in [0.05, 0.1) is 13.3 Å². The zero-order valence-corrected chi connectivity index (χ0v) is 13.4. The summed E-state index contributed by atoms with van der Waals surface area (Å²) >= 11 is 1.80. The molecule has 0 fully saturated rings. The lowest BCUT2D eigenvalue weighted by molar-refractivity contribution is 0.123. The van der Waals surface area contributed by atoms with Crippen LogP contribution in [0.3, 0.4) is 0 Å². The van der Waals surface area contributed by atoms with Gasteiger partial charge >= 0.3 is 0 Å². The fourth-order valence-electron chi connectivity index (χ4n) is 3.26. The van der Waals surface area contributed by atoms with E-state index < -0.39 is 6.10 Å². The number of hydrogen-bond acceptors (Lipinski definition) is 4. The van der Waals surface area contributed by atoms with Gasteiger partial charge in [0.2, 0.25) is 0 Å². The first kappa shape index (κ1) is 14.6. The smallest absolute Gasteiger partial charge is 0.162 e. The molecular weight excluding hydrogens is 284 g/mol. The minimum Gasteiger partial charge on any atom is -0.493 e. The van der Waals surface area contributed by atoms with Crippen molar-refractivity contribution in [2.75, 3.05) is 7.11 Å². The number of ether oxygens (including phenoxy) is 1. The Labute approximate surface area is 129 Å². The number of aliphatic hydroxyl groups is 1. The van der Waals surface area contributed by atoms with E-state index in [1.54, 1.807) is 24.6 Å². The van der Waals surface area contributed by atoms with E-state index in [2.05, 4.69) is 23.5 Å². The van der Waals surface area contributed by atoms with Crippen molar-refractivity contribution in [1.29, 1.82) is 0 Å². The Kier molecular flexibility index (Phi) is 4.31. The number of aromatic nitrogens is 2. The van der Waals surface area contributed by atoms with E-state index in [1.807, 2.05) is 4.68 Å². The first-order chi connectivity index (χ1) is 10.3. The fourth-order valence-corrected chi connectivity index (χ4v) is 4.26. The summed E-state index contributed by atoms with van der Waals surface area (Å²) in [5.41, 5.74) is 2.13. The van der Waals surface area contributed by atoms with Crippen LogP contribution in [0.4, 0.5) is 0 Å². The lowest BCUT2D eigenvalue weighted by Crippen LogP contribution is -2.19. The summed E-state index contributed by atoms with van der Waals surface area (Å²) in [6.07, 6.45) is 5.44. The van der Waals surface area contributed by atoms with Crippen molar-refractivity contribution in [3.63, 3.8) is 0 Å². The molecule has 0 aliphatic heterocycles. The third-order valence-electron chi connectivity index (χ3n) is 4.26. The molecule has 0 radical (unpaired) electrons. The van der Waals surface area contributed by atoms with Crippen molar-refractivity contribution in [3.8, 4) is 5.75 Å². The Morgan fingerprint density at radius 2 is 2.43 bits per heavy atom. The van der Waals surface area contributed by atoms with Crippen LogP contribution in [0.5, 0.6) is 5.75 Å². The monoisotopic (exact) mass is 306 g/mol. The van der Waals surface area contributed by atoms with E-state index in [-0.39, 0.29) is 5.92 Å². The molecule has 0 bridgehead atoms. The number of fused-ring (bicyclic) bond motifs is 1. The average molecular weight is 306 g/mol. The van der Waals surface area contributed by atoms with Crippen molar-refractivity contribution in [2.45, 2.75) is 51.2 Å². The maximum absolute atomic E-state index is 11.0. The van der Waals surface area contributed by atoms with Gasteiger partial charge in [0.15, 0.2) is 5.75 Å². The van der Waals surface area contributed by atoms with Crippen LogP contribution in [0.2, 0.25) is 0 Å². The highest BCUT2D eigenvalue weighted by atomic mass is 32.1. The molecule has 2 heterocycles. The highest BCUT2D eigenvalue weighted by Crippen LogP contribution is 2.44. The van der Waals surface area contributed by atoms with Crippen LogP contribution < -0.4 is 4.74 Å². The van der Waals surface area contributed by atoms with Crippen LogP contribution in [0.1, 0.15) is 54.3 Å². The predicted octanol–water partition coefficient (Wildman–Crippen LogP) is 3.52. The van der Waals surface area contributed by atoms with Crippen molar-refractivity contribution in [2.24, 2.45) is 0 Å². The van der Waals surface area contributed by atoms with Crippen molar-refractivity contribution in [1.82, 2.24) is 9.78 Å². The molecule has 5 heteroatoms. The maximum Gasteiger partial charge on any atom is 0.162 e. The third-order valence-corrected chi connectivity index (χ3v) is 5.26. The van der Waals surface area contributed by atoms with Crippen molar-refractivity contribution in [3.05, 3.63) is 33.8 Å². The second-order valence-electron chi connectivity index (χ2n) is 5.56. The van der Waals surface area contributed by atoms with Gasteiger partial charge in [0.1, 0.15) is 11.8 Å². The minimum atomic E-state index is -0.553. The minimum absolute atomic E-state index is 0.154. The highest BCUT2D eigenvalue weighted by molar-refractivity contribution is 7.10. The molecule has 0 amide bonds. The highest BCUT2D eigenvalue weighted by Gasteiger charge is 2.32. The Morgan fingerprint density at radius 1 is 1.57 bits per heavy atom. The molecule has 1 aliphatic carbocycles. The number of nitrogens with zero attached hydrogens (tertiary/aromatic N) is 2. The zero-order valence-electron chi connectivity index (χ0n) is 12.6. The van der Waals surface area contributed by atoms with E-state index >= 15 is 0 Å². The molecule has 2 aromatic heterocycles. The van der Waals surface area contributed by atoms with Gasteiger partial charge in [-0.3, -0.25) is 4.68 Å². The van der Waals surface area contributed by atoms with E-state index in [9.17, 15) is 5.11 Å². The Bertz CT molecular complexity index is 605. The van der Waals surface area contributed by atoms with E-state index in [1.165, 1.54) is 10.4 Å². The number of thiophene rings is 1. The normalized spacial score (nSPS) is 19.3. The quantitative estimate of drug-likeness (QED) is 0.919. The standard InChI is InChI=1S/C16H22N2O2S/c1-3-8-18-15(13(20-2)10-17-18)16(19)12-5-4-6-14-11(12)7-9-21-14/h7,9-10,12,16,19H,3-6,8H2,1-2H3. The third kappa shape index (κ3) is 2.60. The van der Waals surface area contributed by atoms with Gasteiger partial charge in [0.25, 0.3) is 0 Å². The van der Waals surface area contributed by atoms with Gasteiger partial charge in [-0.05, 0) is 42.7 Å². The predicted molar refractivity (Wildman–Crippen MR) is 84.0 cm³/mol. The van der Waals surface area contributed by atoms with Gasteiger partial charge < -0.3 is 9.84 Å². The van der Waals surface area contributed by atoms with E-state index in [0.717, 1.165) is 37.9 Å². The van der Waals surface area contributed by atoms with Crippen LogP contribution in [-0.2, 0) is 13.0 Å². The van der Waals surface area contributed by atoms with Crippen molar-refractivity contribution < 1.29 is 9.84 Å². The summed E-state index contributed by atoms with van der Waals surface area (Å²) in [7, 11) is 1.64. The summed E-state index contributed by atoms with van der Waals surface area (Å²) in [5, 5.41) is 17.5. The summed E-state index contributed by atoms with van der Waals surface area (Å²) in [5.74, 6) is 0.847.